The second-order valence-corrected chi connectivity index (χ2v) is 4.19. The predicted molar refractivity (Wildman–Crippen MR) is 66.1 cm³/mol. The molecule has 0 amide bonds. The summed E-state index contributed by atoms with van der Waals surface area (Å²) >= 11 is 0. The average Bonchev–Trinajstić information content (AvgIpc) is 2.22. The minimum atomic E-state index is 0.134. The number of nitrogens with two attached hydrogens (primary N) is 1. The van der Waals surface area contributed by atoms with Gasteiger partial charge in [0, 0.05) is 19.7 Å². The summed E-state index contributed by atoms with van der Waals surface area (Å²) in [6.45, 7) is 4.84. The highest BCUT2D eigenvalue weighted by atomic mass is 16.5. The molecule has 0 spiro atoms. The Balaban J connectivity index is 2.98. The lowest BCUT2D eigenvalue weighted by molar-refractivity contribution is 0.179. The maximum Gasteiger partial charge on any atom is 0.0626 e. The Labute approximate surface area is 94.8 Å². The molecule has 3 nitrogen and oxygen atoms in total. The number of ether oxygens (including phenoxy) is 1. The molecule has 0 aromatic heterocycles. The molecule has 15 heavy (non-hydrogen) atoms. The molecular formula is C12H28N2O. The van der Waals surface area contributed by atoms with Gasteiger partial charge in [0.25, 0.3) is 0 Å². The second-order valence-electron chi connectivity index (χ2n) is 4.19. The van der Waals surface area contributed by atoms with Crippen molar-refractivity contribution in [1.29, 1.82) is 0 Å². The van der Waals surface area contributed by atoms with Crippen molar-refractivity contribution in [2.75, 3.05) is 26.8 Å². The summed E-state index contributed by atoms with van der Waals surface area (Å²) < 4.78 is 4.96. The fourth-order valence-electron chi connectivity index (χ4n) is 1.59. The van der Waals surface area contributed by atoms with Gasteiger partial charge in [-0.3, -0.25) is 0 Å². The van der Waals surface area contributed by atoms with Crippen LogP contribution >= 0.6 is 0 Å². The largest absolute Gasteiger partial charge is 0.383 e. The molecule has 1 atom stereocenters. The van der Waals surface area contributed by atoms with Gasteiger partial charge in [0.05, 0.1) is 6.61 Å². The molecule has 0 aliphatic carbocycles. The van der Waals surface area contributed by atoms with Gasteiger partial charge in [-0.15, -0.1) is 0 Å². The Bertz CT molecular complexity index is 120. The van der Waals surface area contributed by atoms with Gasteiger partial charge >= 0.3 is 0 Å². The second kappa shape index (κ2) is 12.0. The molecule has 0 radical (unpaired) electrons. The van der Waals surface area contributed by atoms with E-state index in [0.29, 0.717) is 6.61 Å². The predicted octanol–water partition coefficient (Wildman–Crippen LogP) is 1.91. The van der Waals surface area contributed by atoms with Crippen molar-refractivity contribution in [2.45, 2.75) is 51.5 Å². The van der Waals surface area contributed by atoms with Crippen molar-refractivity contribution in [3.8, 4) is 0 Å². The summed E-state index contributed by atoms with van der Waals surface area (Å²) in [5, 5.41) is 3.36. The Morgan fingerprint density at radius 3 is 2.47 bits per heavy atom. The van der Waals surface area contributed by atoms with Crippen LogP contribution < -0.4 is 11.1 Å². The quantitative estimate of drug-likeness (QED) is 0.519. The fraction of sp³-hybridized carbons (Fsp3) is 1.00. The third-order valence-electron chi connectivity index (χ3n) is 2.49. The Morgan fingerprint density at radius 1 is 1.13 bits per heavy atom. The molecule has 0 heterocycles. The maximum absolute atomic E-state index is 5.78. The molecule has 0 aromatic rings. The van der Waals surface area contributed by atoms with E-state index in [1.165, 1.54) is 38.5 Å². The molecule has 0 aliphatic rings. The average molecular weight is 216 g/mol. The molecule has 92 valence electrons. The molecule has 0 fully saturated rings. The standard InChI is InChI=1S/C12H28N2O/c1-3-4-5-6-7-8-9-14-10-12(13)11-15-2/h12,14H,3-11,13H2,1-2H3. The number of hydrogen-bond donors (Lipinski definition) is 2. The fourth-order valence-corrected chi connectivity index (χ4v) is 1.59. The number of hydrogen-bond acceptors (Lipinski definition) is 3. The van der Waals surface area contributed by atoms with Crippen LogP contribution in [0.3, 0.4) is 0 Å². The van der Waals surface area contributed by atoms with E-state index in [0.717, 1.165) is 13.1 Å². The lowest BCUT2D eigenvalue weighted by Crippen LogP contribution is -2.37. The topological polar surface area (TPSA) is 47.3 Å². The normalized spacial score (nSPS) is 13.0. The third kappa shape index (κ3) is 11.8. The highest BCUT2D eigenvalue weighted by molar-refractivity contribution is 4.62. The first-order chi connectivity index (χ1) is 7.31. The van der Waals surface area contributed by atoms with Crippen LogP contribution in [0.1, 0.15) is 45.4 Å². The summed E-state index contributed by atoms with van der Waals surface area (Å²) in [5.41, 5.74) is 5.78. The zero-order valence-corrected chi connectivity index (χ0v) is 10.4. The van der Waals surface area contributed by atoms with Crippen molar-refractivity contribution in [1.82, 2.24) is 5.32 Å². The van der Waals surface area contributed by atoms with Crippen molar-refractivity contribution in [3.05, 3.63) is 0 Å². The monoisotopic (exact) mass is 216 g/mol. The molecule has 0 aromatic carbocycles. The first-order valence-corrected chi connectivity index (χ1v) is 6.26. The summed E-state index contributed by atoms with van der Waals surface area (Å²) in [5.74, 6) is 0. The number of unbranched alkanes of at least 4 members (excludes halogenated alkanes) is 5. The van der Waals surface area contributed by atoms with Gasteiger partial charge in [-0.2, -0.15) is 0 Å². The van der Waals surface area contributed by atoms with E-state index < -0.39 is 0 Å². The zero-order valence-electron chi connectivity index (χ0n) is 10.4. The summed E-state index contributed by atoms with van der Waals surface area (Å²) in [6, 6.07) is 0.134. The van der Waals surface area contributed by atoms with Gasteiger partial charge in [-0.05, 0) is 13.0 Å². The van der Waals surface area contributed by atoms with E-state index >= 15 is 0 Å². The highest BCUT2D eigenvalue weighted by Crippen LogP contribution is 2.03. The first-order valence-electron chi connectivity index (χ1n) is 6.26. The Hall–Kier alpha value is -0.120. The summed E-state index contributed by atoms with van der Waals surface area (Å²) in [7, 11) is 1.69. The van der Waals surface area contributed by atoms with Gasteiger partial charge in [0.15, 0.2) is 0 Å². The van der Waals surface area contributed by atoms with E-state index in [2.05, 4.69) is 12.2 Å². The van der Waals surface area contributed by atoms with Crippen LogP contribution in [-0.2, 0) is 4.74 Å². The minimum Gasteiger partial charge on any atom is -0.383 e. The van der Waals surface area contributed by atoms with Gasteiger partial charge in [-0.1, -0.05) is 39.0 Å². The number of nitrogens with one attached hydrogen (secondary N) is 1. The van der Waals surface area contributed by atoms with Crippen LogP contribution in [0.4, 0.5) is 0 Å². The van der Waals surface area contributed by atoms with Crippen LogP contribution in [0.2, 0.25) is 0 Å². The molecule has 3 heteroatoms. The molecule has 3 N–H and O–H groups in total. The van der Waals surface area contributed by atoms with Crippen molar-refractivity contribution in [3.63, 3.8) is 0 Å². The van der Waals surface area contributed by atoms with Crippen LogP contribution in [0.5, 0.6) is 0 Å². The molecule has 0 bridgehead atoms. The Morgan fingerprint density at radius 2 is 1.80 bits per heavy atom. The SMILES string of the molecule is CCCCCCCCNCC(N)COC. The van der Waals surface area contributed by atoms with Crippen LogP contribution in [-0.4, -0.2) is 32.8 Å². The zero-order chi connectivity index (χ0) is 11.4. The van der Waals surface area contributed by atoms with Gasteiger partial charge in [-0.25, -0.2) is 0 Å². The molecular weight excluding hydrogens is 188 g/mol. The lowest BCUT2D eigenvalue weighted by atomic mass is 10.1. The summed E-state index contributed by atoms with van der Waals surface area (Å²) in [6.07, 6.45) is 8.07. The van der Waals surface area contributed by atoms with E-state index in [4.69, 9.17) is 10.5 Å². The maximum atomic E-state index is 5.78. The molecule has 0 saturated carbocycles. The smallest absolute Gasteiger partial charge is 0.0626 e. The van der Waals surface area contributed by atoms with Crippen LogP contribution in [0.25, 0.3) is 0 Å². The minimum absolute atomic E-state index is 0.134. The summed E-state index contributed by atoms with van der Waals surface area (Å²) in [4.78, 5) is 0. The van der Waals surface area contributed by atoms with Gasteiger partial charge < -0.3 is 15.8 Å². The van der Waals surface area contributed by atoms with E-state index in [-0.39, 0.29) is 6.04 Å². The van der Waals surface area contributed by atoms with E-state index in [1.54, 1.807) is 7.11 Å². The first kappa shape index (κ1) is 14.9. The van der Waals surface area contributed by atoms with Gasteiger partial charge in [0.1, 0.15) is 0 Å². The lowest BCUT2D eigenvalue weighted by Gasteiger charge is -2.11. The molecule has 0 rings (SSSR count). The Kier molecular flexibility index (Phi) is 11.9. The highest BCUT2D eigenvalue weighted by Gasteiger charge is 1.99. The number of methoxy groups -OCH3 is 1. The van der Waals surface area contributed by atoms with Crippen molar-refractivity contribution in [2.24, 2.45) is 5.73 Å². The van der Waals surface area contributed by atoms with E-state index in [9.17, 15) is 0 Å². The molecule has 0 aliphatic heterocycles. The van der Waals surface area contributed by atoms with Crippen molar-refractivity contribution >= 4 is 0 Å². The van der Waals surface area contributed by atoms with Crippen LogP contribution in [0.15, 0.2) is 0 Å². The third-order valence-corrected chi connectivity index (χ3v) is 2.49. The van der Waals surface area contributed by atoms with Crippen LogP contribution in [0, 0.1) is 0 Å². The van der Waals surface area contributed by atoms with Crippen molar-refractivity contribution < 1.29 is 4.74 Å². The molecule has 1 unspecified atom stereocenters. The molecule has 0 saturated heterocycles. The van der Waals surface area contributed by atoms with E-state index in [1.807, 2.05) is 0 Å². The number of rotatable bonds is 11. The van der Waals surface area contributed by atoms with Gasteiger partial charge in [0.2, 0.25) is 0 Å².